The number of carbonyl (C=O) groups is 2. The van der Waals surface area contributed by atoms with Crippen molar-refractivity contribution in [2.75, 3.05) is 0 Å². The number of benzene rings is 1. The van der Waals surface area contributed by atoms with Gasteiger partial charge in [0.1, 0.15) is 0 Å². The summed E-state index contributed by atoms with van der Waals surface area (Å²) >= 11 is 0. The molecular weight excluding hydrogens is 180 g/mol. The zero-order chi connectivity index (χ0) is 10.6. The van der Waals surface area contributed by atoms with Crippen LogP contribution in [0.1, 0.15) is 19.8 Å². The quantitative estimate of drug-likeness (QED) is 0.421. The molecule has 3 nitrogen and oxygen atoms in total. The Labute approximate surface area is 83.7 Å². The van der Waals surface area contributed by atoms with E-state index in [0.29, 0.717) is 12.8 Å². The summed E-state index contributed by atoms with van der Waals surface area (Å²) in [4.78, 5) is 19.6. The third-order valence-electron chi connectivity index (χ3n) is 1.30. The normalized spacial score (nSPS) is 8.07. The zero-order valence-electron chi connectivity index (χ0n) is 8.18. The van der Waals surface area contributed by atoms with Gasteiger partial charge in [0.05, 0.1) is 0 Å². The lowest BCUT2D eigenvalue weighted by molar-refractivity contribution is -0.151. The predicted molar refractivity (Wildman–Crippen MR) is 53.5 cm³/mol. The zero-order valence-corrected chi connectivity index (χ0v) is 8.18. The first kappa shape index (κ1) is 12.4. The molecule has 0 saturated heterocycles. The number of carbonyl (C=O) groups excluding carboxylic acids is 2. The van der Waals surface area contributed by atoms with Gasteiger partial charge in [0.15, 0.2) is 0 Å². The molecule has 0 heterocycles. The second-order valence-corrected chi connectivity index (χ2v) is 2.49. The van der Waals surface area contributed by atoms with Crippen molar-refractivity contribution in [2.45, 2.75) is 19.8 Å². The summed E-state index contributed by atoms with van der Waals surface area (Å²) in [5.41, 5.74) is 0. The number of ether oxygens (including phenoxy) is 1. The van der Waals surface area contributed by atoms with Gasteiger partial charge in [-0.15, -0.1) is 0 Å². The largest absolute Gasteiger partial charge is 0.395 e. The molecule has 0 aromatic heterocycles. The van der Waals surface area contributed by atoms with E-state index in [1.54, 1.807) is 0 Å². The van der Waals surface area contributed by atoms with Gasteiger partial charge in [-0.25, -0.2) is 0 Å². The number of hydrogen-bond donors (Lipinski definition) is 0. The van der Waals surface area contributed by atoms with Crippen LogP contribution < -0.4 is 0 Å². The molecule has 3 heteroatoms. The maximum atomic E-state index is 10.2. The average molecular weight is 194 g/mol. The van der Waals surface area contributed by atoms with E-state index in [0.717, 1.165) is 0 Å². The van der Waals surface area contributed by atoms with Crippen LogP contribution in [0, 0.1) is 0 Å². The molecule has 0 bridgehead atoms. The minimum absolute atomic E-state index is 0.151. The smallest absolute Gasteiger partial charge is 0.313 e. The Kier molecular flexibility index (Phi) is 8.34. The van der Waals surface area contributed by atoms with E-state index in [-0.39, 0.29) is 6.47 Å². The van der Waals surface area contributed by atoms with Crippen LogP contribution in [0.15, 0.2) is 36.4 Å². The molecule has 0 aliphatic heterocycles. The summed E-state index contributed by atoms with van der Waals surface area (Å²) in [7, 11) is 0. The van der Waals surface area contributed by atoms with Crippen LogP contribution in [0.2, 0.25) is 0 Å². The summed E-state index contributed by atoms with van der Waals surface area (Å²) in [5.74, 6) is -0.456. The molecule has 76 valence electrons. The Balaban J connectivity index is 0.000000249. The monoisotopic (exact) mass is 194 g/mol. The summed E-state index contributed by atoms with van der Waals surface area (Å²) in [6.45, 7) is 1.99. The minimum atomic E-state index is -0.456. The molecule has 0 atom stereocenters. The first-order valence-corrected chi connectivity index (χ1v) is 4.44. The molecule has 0 unspecified atom stereocenters. The van der Waals surface area contributed by atoms with E-state index < -0.39 is 5.97 Å². The van der Waals surface area contributed by atoms with E-state index in [1.807, 2.05) is 43.3 Å². The van der Waals surface area contributed by atoms with Crippen LogP contribution in [0.25, 0.3) is 0 Å². The topological polar surface area (TPSA) is 43.4 Å². The minimum Gasteiger partial charge on any atom is -0.395 e. The predicted octanol–water partition coefficient (Wildman–Crippen LogP) is 2.17. The summed E-state index contributed by atoms with van der Waals surface area (Å²) in [6, 6.07) is 12.0. The number of hydrogen-bond acceptors (Lipinski definition) is 3. The van der Waals surface area contributed by atoms with Gasteiger partial charge in [-0.2, -0.15) is 0 Å². The summed E-state index contributed by atoms with van der Waals surface area (Å²) in [6.07, 6.45) is 1.03. The highest BCUT2D eigenvalue weighted by atomic mass is 16.6. The third-order valence-corrected chi connectivity index (χ3v) is 1.30. The fourth-order valence-electron chi connectivity index (χ4n) is 0.702. The molecular formula is C11H14O3. The van der Waals surface area contributed by atoms with Gasteiger partial charge in [0.25, 0.3) is 0 Å². The summed E-state index contributed by atoms with van der Waals surface area (Å²) in [5, 5.41) is 0. The van der Waals surface area contributed by atoms with Crippen molar-refractivity contribution in [3.8, 4) is 0 Å². The van der Waals surface area contributed by atoms with Crippen LogP contribution >= 0.6 is 0 Å². The van der Waals surface area contributed by atoms with Crippen molar-refractivity contribution in [2.24, 2.45) is 0 Å². The molecule has 0 aliphatic carbocycles. The van der Waals surface area contributed by atoms with Crippen molar-refractivity contribution in [3.05, 3.63) is 36.4 Å². The van der Waals surface area contributed by atoms with Gasteiger partial charge in [0.2, 0.25) is 0 Å². The van der Waals surface area contributed by atoms with E-state index in [1.165, 1.54) is 0 Å². The van der Waals surface area contributed by atoms with Crippen LogP contribution in [0.5, 0.6) is 0 Å². The van der Waals surface area contributed by atoms with Gasteiger partial charge in [-0.3, -0.25) is 9.59 Å². The third kappa shape index (κ3) is 8.46. The number of rotatable bonds is 3. The highest BCUT2D eigenvalue weighted by molar-refractivity contribution is 5.76. The first-order chi connectivity index (χ1) is 6.81. The first-order valence-electron chi connectivity index (χ1n) is 4.44. The van der Waals surface area contributed by atoms with Gasteiger partial charge in [0, 0.05) is 6.42 Å². The molecule has 0 saturated carbocycles. The highest BCUT2D eigenvalue weighted by Gasteiger charge is 1.96. The molecule has 0 spiro atoms. The lowest BCUT2D eigenvalue weighted by atomic mass is 10.3. The average Bonchev–Trinajstić information content (AvgIpc) is 2.22. The fourth-order valence-corrected chi connectivity index (χ4v) is 0.702. The Morgan fingerprint density at radius 1 is 1.14 bits per heavy atom. The Morgan fingerprint density at radius 3 is 1.86 bits per heavy atom. The van der Waals surface area contributed by atoms with Crippen LogP contribution in [-0.2, 0) is 14.3 Å². The number of esters is 1. The van der Waals surface area contributed by atoms with Crippen LogP contribution in [0.4, 0.5) is 0 Å². The van der Waals surface area contributed by atoms with E-state index in [9.17, 15) is 9.59 Å². The Hall–Kier alpha value is -1.64. The maximum absolute atomic E-state index is 10.2. The summed E-state index contributed by atoms with van der Waals surface area (Å²) < 4.78 is 3.96. The van der Waals surface area contributed by atoms with Gasteiger partial charge in [-0.05, 0) is 6.42 Å². The van der Waals surface area contributed by atoms with Crippen molar-refractivity contribution < 1.29 is 14.3 Å². The Bertz CT molecular complexity index is 217. The van der Waals surface area contributed by atoms with Crippen LogP contribution in [-0.4, -0.2) is 12.4 Å². The maximum Gasteiger partial charge on any atom is 0.313 e. The van der Waals surface area contributed by atoms with Crippen molar-refractivity contribution in [1.29, 1.82) is 0 Å². The molecule has 0 aliphatic rings. The van der Waals surface area contributed by atoms with E-state index in [2.05, 4.69) is 4.74 Å². The molecule has 1 aromatic carbocycles. The lowest BCUT2D eigenvalue weighted by Gasteiger charge is -1.89. The molecule has 1 aromatic rings. The molecule has 14 heavy (non-hydrogen) atoms. The van der Waals surface area contributed by atoms with Crippen molar-refractivity contribution in [1.82, 2.24) is 0 Å². The fraction of sp³-hybridized carbons (Fsp3) is 0.273. The standard InChI is InChI=1S/C6H6.C5H8O3/c1-2-4-6-5-3-1;1-2-3-5(7)8-4-6/h1-6H;4H,2-3H2,1H3. The van der Waals surface area contributed by atoms with Gasteiger partial charge >= 0.3 is 12.4 Å². The van der Waals surface area contributed by atoms with E-state index in [4.69, 9.17) is 0 Å². The molecule has 0 radical (unpaired) electrons. The second-order valence-electron chi connectivity index (χ2n) is 2.49. The van der Waals surface area contributed by atoms with E-state index >= 15 is 0 Å². The van der Waals surface area contributed by atoms with Crippen molar-refractivity contribution in [3.63, 3.8) is 0 Å². The van der Waals surface area contributed by atoms with Crippen molar-refractivity contribution >= 4 is 12.4 Å². The Morgan fingerprint density at radius 2 is 1.57 bits per heavy atom. The highest BCUT2D eigenvalue weighted by Crippen LogP contribution is 1.87. The van der Waals surface area contributed by atoms with Gasteiger partial charge in [-0.1, -0.05) is 43.3 Å². The molecule has 0 fully saturated rings. The second kappa shape index (κ2) is 9.45. The lowest BCUT2D eigenvalue weighted by Crippen LogP contribution is -2.00. The molecule has 1 rings (SSSR count). The molecule has 0 amide bonds. The molecule has 0 N–H and O–H groups in total. The SMILES string of the molecule is CCCC(=O)OC=O.c1ccccc1. The van der Waals surface area contributed by atoms with Crippen LogP contribution in [0.3, 0.4) is 0 Å². The van der Waals surface area contributed by atoms with Gasteiger partial charge < -0.3 is 4.74 Å².